The lowest BCUT2D eigenvalue weighted by Crippen LogP contribution is -2.34. The van der Waals surface area contributed by atoms with Gasteiger partial charge in [0.2, 0.25) is 5.91 Å². The predicted octanol–water partition coefficient (Wildman–Crippen LogP) is 2.84. The van der Waals surface area contributed by atoms with E-state index in [1.54, 1.807) is 24.3 Å². The molecule has 0 saturated heterocycles. The van der Waals surface area contributed by atoms with E-state index in [0.717, 1.165) is 5.56 Å². The average Bonchev–Trinajstić information content (AvgIpc) is 2.58. The molecule has 0 heterocycles. The molecule has 1 aliphatic carbocycles. The van der Waals surface area contributed by atoms with Crippen LogP contribution >= 0.6 is 0 Å². The van der Waals surface area contributed by atoms with E-state index >= 15 is 0 Å². The van der Waals surface area contributed by atoms with Crippen LogP contribution < -0.4 is 10.1 Å². The number of amides is 1. The van der Waals surface area contributed by atoms with Gasteiger partial charge in [-0.1, -0.05) is 12.1 Å². The number of nitrogens with one attached hydrogen (secondary N) is 1. The molecule has 1 aliphatic rings. The van der Waals surface area contributed by atoms with Crippen molar-refractivity contribution in [2.75, 3.05) is 6.61 Å². The number of carbonyl (C=O) groups is 2. The zero-order chi connectivity index (χ0) is 17.5. The van der Waals surface area contributed by atoms with Gasteiger partial charge in [-0.05, 0) is 43.4 Å². The molecule has 1 saturated carbocycles. The minimum absolute atomic E-state index is 0.0993. The molecule has 5 nitrogen and oxygen atoms in total. The van der Waals surface area contributed by atoms with Gasteiger partial charge in [0, 0.05) is 12.5 Å². The molecule has 1 aromatic rings. The minimum atomic E-state index is -2.53. The topological polar surface area (TPSA) is 75.6 Å². The second-order valence-electron chi connectivity index (χ2n) is 5.95. The largest absolute Gasteiger partial charge is 0.488 e. The van der Waals surface area contributed by atoms with Crippen LogP contribution in [0.2, 0.25) is 0 Å². The molecule has 0 aromatic heterocycles. The molecule has 24 heavy (non-hydrogen) atoms. The molecule has 0 atom stereocenters. The molecule has 0 unspecified atom stereocenters. The highest BCUT2D eigenvalue weighted by Crippen LogP contribution is 2.29. The summed E-state index contributed by atoms with van der Waals surface area (Å²) in [6.07, 6.45) is -0.357. The lowest BCUT2D eigenvalue weighted by Gasteiger charge is -2.25. The number of carboxylic acids is 1. The van der Waals surface area contributed by atoms with Gasteiger partial charge in [0.25, 0.3) is 6.43 Å². The van der Waals surface area contributed by atoms with Crippen LogP contribution in [0, 0.1) is 11.8 Å². The maximum Gasteiger partial charge on any atom is 0.306 e. The molecule has 1 fully saturated rings. The highest BCUT2D eigenvalue weighted by atomic mass is 19.3. The van der Waals surface area contributed by atoms with Crippen LogP contribution in [-0.4, -0.2) is 30.0 Å². The summed E-state index contributed by atoms with van der Waals surface area (Å²) >= 11 is 0. The number of rotatable bonds is 7. The first-order valence-electron chi connectivity index (χ1n) is 7.96. The lowest BCUT2D eigenvalue weighted by molar-refractivity contribution is -0.144. The first-order chi connectivity index (χ1) is 11.5. The van der Waals surface area contributed by atoms with Crippen molar-refractivity contribution in [1.29, 1.82) is 0 Å². The van der Waals surface area contributed by atoms with Gasteiger partial charge in [0.1, 0.15) is 12.4 Å². The number of alkyl halides is 2. The zero-order valence-electron chi connectivity index (χ0n) is 13.2. The molecule has 1 amide bonds. The van der Waals surface area contributed by atoms with Crippen LogP contribution in [0.25, 0.3) is 0 Å². The molecular formula is C17H21F2NO4. The second kappa shape index (κ2) is 8.61. The standard InChI is InChI=1S/C17H21F2NO4/c18-15(19)10-24-14-3-1-2-11(8-14)9-20-16(21)12-4-6-13(7-5-12)17(22)23/h1-3,8,12-13,15H,4-7,9-10H2,(H,20,21)(H,22,23). The van der Waals surface area contributed by atoms with Crippen LogP contribution in [-0.2, 0) is 16.1 Å². The van der Waals surface area contributed by atoms with Gasteiger partial charge < -0.3 is 15.2 Å². The first kappa shape index (κ1) is 18.2. The van der Waals surface area contributed by atoms with E-state index in [2.05, 4.69) is 5.32 Å². The summed E-state index contributed by atoms with van der Waals surface area (Å²) in [5.74, 6) is -1.08. The molecule has 2 N–H and O–H groups in total. The Morgan fingerprint density at radius 2 is 1.88 bits per heavy atom. The van der Waals surface area contributed by atoms with E-state index in [0.29, 0.717) is 31.4 Å². The fraction of sp³-hybridized carbons (Fsp3) is 0.529. The monoisotopic (exact) mass is 341 g/mol. The molecule has 0 radical (unpaired) electrons. The Kier molecular flexibility index (Phi) is 6.52. The van der Waals surface area contributed by atoms with Crippen molar-refractivity contribution in [3.8, 4) is 5.75 Å². The molecule has 7 heteroatoms. The number of benzene rings is 1. The van der Waals surface area contributed by atoms with Crippen molar-refractivity contribution >= 4 is 11.9 Å². The number of hydrogen-bond donors (Lipinski definition) is 2. The molecule has 1 aromatic carbocycles. The quantitative estimate of drug-likeness (QED) is 0.800. The minimum Gasteiger partial charge on any atom is -0.488 e. The number of aliphatic carboxylic acids is 1. The van der Waals surface area contributed by atoms with E-state index < -0.39 is 19.0 Å². The Balaban J connectivity index is 1.79. The number of carbonyl (C=O) groups excluding carboxylic acids is 1. The summed E-state index contributed by atoms with van der Waals surface area (Å²) in [4.78, 5) is 23.1. The number of halogens is 2. The summed E-state index contributed by atoms with van der Waals surface area (Å²) < 4.78 is 29.2. The molecule has 0 bridgehead atoms. The normalized spacial score (nSPS) is 20.6. The molecule has 132 valence electrons. The molecule has 0 spiro atoms. The van der Waals surface area contributed by atoms with Crippen LogP contribution in [0.15, 0.2) is 24.3 Å². The number of hydrogen-bond acceptors (Lipinski definition) is 3. The summed E-state index contributed by atoms with van der Waals surface area (Å²) in [7, 11) is 0. The fourth-order valence-corrected chi connectivity index (χ4v) is 2.84. The van der Waals surface area contributed by atoms with Crippen molar-refractivity contribution in [2.24, 2.45) is 11.8 Å². The number of carboxylic acid groups (broad SMARTS) is 1. The van der Waals surface area contributed by atoms with Gasteiger partial charge in [-0.25, -0.2) is 8.78 Å². The van der Waals surface area contributed by atoms with Gasteiger partial charge in [0.15, 0.2) is 0 Å². The Hall–Kier alpha value is -2.18. The van der Waals surface area contributed by atoms with E-state index in [-0.39, 0.29) is 24.3 Å². The summed E-state index contributed by atoms with van der Waals surface area (Å²) in [6.45, 7) is -0.383. The van der Waals surface area contributed by atoms with Crippen molar-refractivity contribution < 1.29 is 28.2 Å². The maximum absolute atomic E-state index is 12.2. The van der Waals surface area contributed by atoms with Crippen LogP contribution in [0.1, 0.15) is 31.2 Å². The van der Waals surface area contributed by atoms with Crippen molar-refractivity contribution in [3.63, 3.8) is 0 Å². The molecule has 2 rings (SSSR count). The average molecular weight is 341 g/mol. The highest BCUT2D eigenvalue weighted by molar-refractivity contribution is 5.79. The first-order valence-corrected chi connectivity index (χ1v) is 7.96. The van der Waals surface area contributed by atoms with E-state index in [1.165, 1.54) is 0 Å². The smallest absolute Gasteiger partial charge is 0.306 e. The third-order valence-corrected chi connectivity index (χ3v) is 4.19. The van der Waals surface area contributed by atoms with Crippen LogP contribution in [0.5, 0.6) is 5.75 Å². The Bertz CT molecular complexity index is 571. The Morgan fingerprint density at radius 1 is 1.21 bits per heavy atom. The van der Waals surface area contributed by atoms with E-state index in [1.807, 2.05) is 0 Å². The third-order valence-electron chi connectivity index (χ3n) is 4.19. The Morgan fingerprint density at radius 3 is 2.50 bits per heavy atom. The highest BCUT2D eigenvalue weighted by Gasteiger charge is 2.29. The summed E-state index contributed by atoms with van der Waals surface area (Å²) in [6, 6.07) is 6.65. The second-order valence-corrected chi connectivity index (χ2v) is 5.95. The van der Waals surface area contributed by atoms with Crippen molar-refractivity contribution in [1.82, 2.24) is 5.32 Å². The van der Waals surface area contributed by atoms with E-state index in [9.17, 15) is 18.4 Å². The summed E-state index contributed by atoms with van der Waals surface area (Å²) in [5, 5.41) is 11.8. The van der Waals surface area contributed by atoms with Crippen LogP contribution in [0.4, 0.5) is 8.78 Å². The van der Waals surface area contributed by atoms with Gasteiger partial charge in [-0.2, -0.15) is 0 Å². The van der Waals surface area contributed by atoms with Crippen molar-refractivity contribution in [2.45, 2.75) is 38.7 Å². The number of ether oxygens (including phenoxy) is 1. The maximum atomic E-state index is 12.2. The predicted molar refractivity (Wildman–Crippen MR) is 82.9 cm³/mol. The molecular weight excluding hydrogens is 320 g/mol. The van der Waals surface area contributed by atoms with Gasteiger partial charge in [0.05, 0.1) is 5.92 Å². The SMILES string of the molecule is O=C(O)C1CCC(C(=O)NCc2cccc(OCC(F)F)c2)CC1. The zero-order valence-corrected chi connectivity index (χ0v) is 13.2. The third kappa shape index (κ3) is 5.47. The molecule has 0 aliphatic heterocycles. The van der Waals surface area contributed by atoms with Crippen molar-refractivity contribution in [3.05, 3.63) is 29.8 Å². The van der Waals surface area contributed by atoms with Crippen LogP contribution in [0.3, 0.4) is 0 Å². The van der Waals surface area contributed by atoms with E-state index in [4.69, 9.17) is 9.84 Å². The van der Waals surface area contributed by atoms with Gasteiger partial charge >= 0.3 is 5.97 Å². The van der Waals surface area contributed by atoms with Gasteiger partial charge in [-0.3, -0.25) is 9.59 Å². The van der Waals surface area contributed by atoms with Gasteiger partial charge in [-0.15, -0.1) is 0 Å². The Labute approximate surface area is 139 Å². The summed E-state index contributed by atoms with van der Waals surface area (Å²) in [5.41, 5.74) is 0.759. The fourth-order valence-electron chi connectivity index (χ4n) is 2.84. The lowest BCUT2D eigenvalue weighted by atomic mass is 9.81.